The summed E-state index contributed by atoms with van der Waals surface area (Å²) < 4.78 is 6.46. The van der Waals surface area contributed by atoms with E-state index in [1.165, 1.54) is 11.3 Å². The van der Waals surface area contributed by atoms with Gasteiger partial charge in [-0.3, -0.25) is 14.9 Å². The summed E-state index contributed by atoms with van der Waals surface area (Å²) in [6.07, 6.45) is 1.12. The Kier molecular flexibility index (Phi) is 4.48. The number of ether oxygens (including phenoxy) is 1. The average Bonchev–Trinajstić information content (AvgIpc) is 3.01. The first-order valence-electron chi connectivity index (χ1n) is 7.98. The minimum absolute atomic E-state index is 0.0164. The van der Waals surface area contributed by atoms with Gasteiger partial charge in [-0.15, -0.1) is 0 Å². The van der Waals surface area contributed by atoms with Crippen molar-refractivity contribution in [3.8, 4) is 5.75 Å². The van der Waals surface area contributed by atoms with Gasteiger partial charge in [0.1, 0.15) is 5.75 Å². The van der Waals surface area contributed by atoms with E-state index in [1.54, 1.807) is 18.2 Å². The lowest BCUT2D eigenvalue weighted by Gasteiger charge is -2.17. The van der Waals surface area contributed by atoms with Gasteiger partial charge in [0.15, 0.2) is 11.7 Å². The minimum atomic E-state index is -0.291. The molecule has 0 spiro atoms. The Labute approximate surface area is 158 Å². The van der Waals surface area contributed by atoms with E-state index in [4.69, 9.17) is 16.3 Å². The fraction of sp³-hybridized carbons (Fsp3) is 0.167. The van der Waals surface area contributed by atoms with Crippen LogP contribution in [0.5, 0.6) is 5.75 Å². The zero-order valence-corrected chi connectivity index (χ0v) is 15.1. The summed E-state index contributed by atoms with van der Waals surface area (Å²) in [5.41, 5.74) is 2.59. The van der Waals surface area contributed by atoms with Gasteiger partial charge in [0, 0.05) is 17.1 Å². The van der Waals surface area contributed by atoms with E-state index in [2.05, 4.69) is 15.6 Å². The number of benzene rings is 2. The number of halogens is 1. The van der Waals surface area contributed by atoms with E-state index in [9.17, 15) is 9.59 Å². The van der Waals surface area contributed by atoms with Gasteiger partial charge in [0.2, 0.25) is 5.91 Å². The molecule has 2 heterocycles. The van der Waals surface area contributed by atoms with Crippen LogP contribution in [0.2, 0.25) is 5.02 Å². The molecular formula is C18H14ClN3O3S. The van der Waals surface area contributed by atoms with Gasteiger partial charge >= 0.3 is 0 Å². The predicted octanol–water partition coefficient (Wildman–Crippen LogP) is 3.85. The monoisotopic (exact) mass is 387 g/mol. The van der Waals surface area contributed by atoms with Gasteiger partial charge < -0.3 is 10.1 Å². The van der Waals surface area contributed by atoms with E-state index in [0.717, 1.165) is 21.5 Å². The summed E-state index contributed by atoms with van der Waals surface area (Å²) in [5.74, 6) is 0.315. The highest BCUT2D eigenvalue weighted by Gasteiger charge is 2.15. The van der Waals surface area contributed by atoms with Crippen LogP contribution in [-0.2, 0) is 16.0 Å². The quantitative estimate of drug-likeness (QED) is 0.712. The molecule has 3 aromatic rings. The zero-order chi connectivity index (χ0) is 18.1. The van der Waals surface area contributed by atoms with Crippen LogP contribution in [0.1, 0.15) is 12.0 Å². The summed E-state index contributed by atoms with van der Waals surface area (Å²) in [6, 6.07) is 10.8. The van der Waals surface area contributed by atoms with Crippen molar-refractivity contribution in [2.75, 3.05) is 17.2 Å². The number of nitrogens with one attached hydrogen (secondary N) is 2. The molecule has 0 atom stereocenters. The van der Waals surface area contributed by atoms with Crippen LogP contribution in [0.4, 0.5) is 10.8 Å². The van der Waals surface area contributed by atoms with Crippen molar-refractivity contribution < 1.29 is 14.3 Å². The first-order chi connectivity index (χ1) is 12.6. The average molecular weight is 388 g/mol. The topological polar surface area (TPSA) is 80.3 Å². The lowest BCUT2D eigenvalue weighted by molar-refractivity contribution is -0.118. The van der Waals surface area contributed by atoms with Gasteiger partial charge in [-0.05, 0) is 48.4 Å². The lowest BCUT2D eigenvalue weighted by Crippen LogP contribution is -2.21. The van der Waals surface area contributed by atoms with Gasteiger partial charge in [0.05, 0.1) is 10.2 Å². The van der Waals surface area contributed by atoms with Crippen molar-refractivity contribution >= 4 is 55.8 Å². The lowest BCUT2D eigenvalue weighted by atomic mass is 10.0. The molecule has 26 heavy (non-hydrogen) atoms. The number of carbonyl (C=O) groups excluding carboxylic acids is 2. The number of anilines is 2. The summed E-state index contributed by atoms with van der Waals surface area (Å²) >= 11 is 7.32. The van der Waals surface area contributed by atoms with E-state index in [1.807, 2.05) is 18.2 Å². The van der Waals surface area contributed by atoms with E-state index >= 15 is 0 Å². The first kappa shape index (κ1) is 16.8. The van der Waals surface area contributed by atoms with Crippen molar-refractivity contribution in [1.82, 2.24) is 4.98 Å². The van der Waals surface area contributed by atoms with Gasteiger partial charge in [0.25, 0.3) is 5.91 Å². The fourth-order valence-electron chi connectivity index (χ4n) is 2.71. The Morgan fingerprint density at radius 3 is 3.04 bits per heavy atom. The smallest absolute Gasteiger partial charge is 0.264 e. The first-order valence-corrected chi connectivity index (χ1v) is 9.18. The summed E-state index contributed by atoms with van der Waals surface area (Å²) in [5, 5.41) is 6.68. The predicted molar refractivity (Wildman–Crippen MR) is 102 cm³/mol. The summed E-state index contributed by atoms with van der Waals surface area (Å²) in [6.45, 7) is -0.123. The fourth-order valence-corrected chi connectivity index (χ4v) is 3.86. The number of fused-ring (bicyclic) bond motifs is 2. The molecule has 0 radical (unpaired) electrons. The van der Waals surface area contributed by atoms with Crippen LogP contribution < -0.4 is 15.4 Å². The second-order valence-electron chi connectivity index (χ2n) is 5.84. The molecule has 132 valence electrons. The third kappa shape index (κ3) is 3.63. The van der Waals surface area contributed by atoms with Crippen molar-refractivity contribution in [2.24, 2.45) is 0 Å². The third-order valence-electron chi connectivity index (χ3n) is 3.94. The summed E-state index contributed by atoms with van der Waals surface area (Å²) in [7, 11) is 0. The molecule has 0 saturated heterocycles. The highest BCUT2D eigenvalue weighted by Crippen LogP contribution is 2.29. The number of rotatable bonds is 4. The maximum Gasteiger partial charge on any atom is 0.264 e. The molecule has 0 saturated carbocycles. The van der Waals surface area contributed by atoms with Crippen LogP contribution >= 0.6 is 22.9 Å². The zero-order valence-electron chi connectivity index (χ0n) is 13.5. The number of carbonyl (C=O) groups is 2. The molecule has 0 aliphatic carbocycles. The molecular weight excluding hydrogens is 374 g/mol. The molecule has 0 bridgehead atoms. The van der Waals surface area contributed by atoms with Gasteiger partial charge in [-0.1, -0.05) is 22.9 Å². The number of aromatic nitrogens is 1. The van der Waals surface area contributed by atoms with Crippen LogP contribution in [0.25, 0.3) is 10.2 Å². The highest BCUT2D eigenvalue weighted by molar-refractivity contribution is 7.22. The normalized spacial score (nSPS) is 13.2. The molecule has 8 heteroatoms. The van der Waals surface area contributed by atoms with E-state index in [-0.39, 0.29) is 18.4 Å². The maximum atomic E-state index is 12.1. The molecule has 2 N–H and O–H groups in total. The Bertz CT molecular complexity index is 1020. The maximum absolute atomic E-state index is 12.1. The van der Waals surface area contributed by atoms with Crippen molar-refractivity contribution in [3.05, 3.63) is 47.0 Å². The second-order valence-corrected chi connectivity index (χ2v) is 7.30. The van der Waals surface area contributed by atoms with Crippen molar-refractivity contribution in [3.63, 3.8) is 0 Å². The number of aryl methyl sites for hydroxylation is 1. The van der Waals surface area contributed by atoms with Crippen molar-refractivity contribution in [2.45, 2.75) is 12.8 Å². The van der Waals surface area contributed by atoms with Crippen LogP contribution in [0.3, 0.4) is 0 Å². The van der Waals surface area contributed by atoms with E-state index < -0.39 is 0 Å². The molecule has 6 nitrogen and oxygen atoms in total. The Hall–Kier alpha value is -2.64. The van der Waals surface area contributed by atoms with Gasteiger partial charge in [-0.25, -0.2) is 4.98 Å². The van der Waals surface area contributed by atoms with Crippen molar-refractivity contribution in [1.29, 1.82) is 0 Å². The molecule has 2 aromatic carbocycles. The molecule has 2 amide bonds. The number of hydrogen-bond donors (Lipinski definition) is 2. The number of amides is 2. The Balaban J connectivity index is 1.38. The molecule has 1 aliphatic rings. The molecule has 1 aliphatic heterocycles. The van der Waals surface area contributed by atoms with Gasteiger partial charge in [-0.2, -0.15) is 0 Å². The van der Waals surface area contributed by atoms with Crippen LogP contribution in [-0.4, -0.2) is 23.4 Å². The Morgan fingerprint density at radius 2 is 2.15 bits per heavy atom. The van der Waals surface area contributed by atoms with E-state index in [0.29, 0.717) is 28.7 Å². The number of hydrogen-bond acceptors (Lipinski definition) is 5. The number of nitrogens with zero attached hydrogens (tertiary/aromatic N) is 1. The van der Waals surface area contributed by atoms with Crippen LogP contribution in [0.15, 0.2) is 36.4 Å². The summed E-state index contributed by atoms with van der Waals surface area (Å²) in [4.78, 5) is 27.8. The highest BCUT2D eigenvalue weighted by atomic mass is 35.5. The minimum Gasteiger partial charge on any atom is -0.484 e. The molecule has 4 rings (SSSR count). The largest absolute Gasteiger partial charge is 0.484 e. The molecule has 1 aromatic heterocycles. The molecule has 0 unspecified atom stereocenters. The SMILES string of the molecule is O=C(COc1ccc2c(c1)CCC(=O)N2)Nc1nc2ccc(Cl)cc2s1. The number of thiazole rings is 1. The van der Waals surface area contributed by atoms with Crippen LogP contribution in [0, 0.1) is 0 Å². The Morgan fingerprint density at radius 1 is 1.27 bits per heavy atom. The third-order valence-corrected chi connectivity index (χ3v) is 5.11. The second kappa shape index (κ2) is 6.93. The molecule has 0 fully saturated rings. The standard InChI is InChI=1S/C18H14ClN3O3S/c19-11-2-4-14-15(8-11)26-18(21-14)22-17(24)9-25-12-3-5-13-10(7-12)1-6-16(23)20-13/h2-5,7-8H,1,6,9H2,(H,20,23)(H,21,22,24).